The monoisotopic (exact) mass is 489 g/mol. The molecule has 37 heavy (non-hydrogen) atoms. The summed E-state index contributed by atoms with van der Waals surface area (Å²) >= 11 is 0. The van der Waals surface area contributed by atoms with Crippen molar-refractivity contribution >= 4 is 28.0 Å². The summed E-state index contributed by atoms with van der Waals surface area (Å²) in [5, 5.41) is 15.4. The Labute approximate surface area is 214 Å². The van der Waals surface area contributed by atoms with Crippen LogP contribution in [0.25, 0.3) is 33.2 Å². The lowest BCUT2D eigenvalue weighted by atomic mass is 9.96. The maximum atomic E-state index is 13.7. The fraction of sp³-hybridized carbons (Fsp3) is 0.200. The Bertz CT molecular complexity index is 1770. The smallest absolute Gasteiger partial charge is 0.282 e. The third kappa shape index (κ3) is 4.27. The summed E-state index contributed by atoms with van der Waals surface area (Å²) in [5.41, 5.74) is 4.88. The number of ether oxygens (including phenoxy) is 1. The lowest BCUT2D eigenvalue weighted by Gasteiger charge is -2.17. The van der Waals surface area contributed by atoms with Crippen LogP contribution in [0.4, 0.5) is 0 Å². The Morgan fingerprint density at radius 2 is 1.84 bits per heavy atom. The number of nitrogens with zero attached hydrogens (tertiary/aromatic N) is 5. The molecule has 0 unspecified atom stereocenters. The van der Waals surface area contributed by atoms with E-state index in [2.05, 4.69) is 25.0 Å². The highest BCUT2D eigenvalue weighted by atomic mass is 16.5. The molecule has 0 saturated carbocycles. The Kier molecular flexibility index (Phi) is 6.33. The summed E-state index contributed by atoms with van der Waals surface area (Å²) in [6.45, 7) is 6.41. The predicted octanol–water partition coefficient (Wildman–Crippen LogP) is 5.86. The van der Waals surface area contributed by atoms with Crippen LogP contribution in [0.2, 0.25) is 0 Å². The number of aromatic nitrogens is 3. The van der Waals surface area contributed by atoms with Crippen molar-refractivity contribution in [1.29, 1.82) is 5.26 Å². The molecular weight excluding hydrogens is 462 g/mol. The van der Waals surface area contributed by atoms with Crippen LogP contribution >= 0.6 is 0 Å². The van der Waals surface area contributed by atoms with Crippen molar-refractivity contribution in [2.45, 2.75) is 33.2 Å². The van der Waals surface area contributed by atoms with Gasteiger partial charge >= 0.3 is 0 Å². The molecule has 2 aromatic heterocycles. The molecule has 184 valence electrons. The van der Waals surface area contributed by atoms with E-state index < -0.39 is 0 Å². The van der Waals surface area contributed by atoms with Crippen molar-refractivity contribution in [3.8, 4) is 23.2 Å². The molecule has 0 spiro atoms. The second-order valence-electron chi connectivity index (χ2n) is 9.27. The van der Waals surface area contributed by atoms with Gasteiger partial charge in [0, 0.05) is 28.2 Å². The maximum Gasteiger partial charge on any atom is 0.282 e. The highest BCUT2D eigenvalue weighted by Gasteiger charge is 2.18. The maximum absolute atomic E-state index is 13.7. The van der Waals surface area contributed by atoms with Gasteiger partial charge in [-0.3, -0.25) is 4.79 Å². The van der Waals surface area contributed by atoms with Gasteiger partial charge in [0.25, 0.3) is 5.56 Å². The number of para-hydroxylation sites is 2. The van der Waals surface area contributed by atoms with Crippen molar-refractivity contribution in [2.75, 3.05) is 7.11 Å². The molecule has 0 N–H and O–H groups in total. The van der Waals surface area contributed by atoms with Gasteiger partial charge in [-0.05, 0) is 54.3 Å². The highest BCUT2D eigenvalue weighted by Crippen LogP contribution is 2.34. The van der Waals surface area contributed by atoms with Crippen LogP contribution in [-0.4, -0.2) is 27.6 Å². The van der Waals surface area contributed by atoms with E-state index >= 15 is 0 Å². The van der Waals surface area contributed by atoms with E-state index in [4.69, 9.17) is 9.72 Å². The van der Waals surface area contributed by atoms with Crippen LogP contribution in [0.1, 0.15) is 36.5 Å². The van der Waals surface area contributed by atoms with Crippen molar-refractivity contribution in [3.05, 3.63) is 93.9 Å². The minimum absolute atomic E-state index is 0.213. The number of hydrogen-bond donors (Lipinski definition) is 0. The number of benzene rings is 3. The van der Waals surface area contributed by atoms with Crippen molar-refractivity contribution in [1.82, 2.24) is 14.2 Å². The van der Waals surface area contributed by atoms with Gasteiger partial charge in [-0.25, -0.2) is 4.98 Å². The molecule has 0 bridgehead atoms. The third-order valence-electron chi connectivity index (χ3n) is 6.57. The zero-order chi connectivity index (χ0) is 26.1. The molecular formula is C30H27N5O2. The van der Waals surface area contributed by atoms with Crippen LogP contribution in [0.15, 0.2) is 76.8 Å². The van der Waals surface area contributed by atoms with Gasteiger partial charge in [-0.1, -0.05) is 44.2 Å². The first kappa shape index (κ1) is 24.0. The summed E-state index contributed by atoms with van der Waals surface area (Å²) < 4.78 is 8.88. The number of nitriles is 1. The Morgan fingerprint density at radius 1 is 1.11 bits per heavy atom. The molecule has 0 radical (unpaired) electrons. The standard InChI is InChI=1S/C30H27N5O2/c1-19(2)24-16-25(20(3)15-28(24)37-4)29-33-26-11-7-5-10-23(26)30(36)35(29)32-17-21-18-34(14-13-31)27-12-8-6-9-22(21)27/h5-12,15-19H,14H2,1-4H3. The normalized spacial score (nSPS) is 11.6. The number of aryl methyl sites for hydroxylation is 1. The fourth-order valence-corrected chi connectivity index (χ4v) is 4.68. The van der Waals surface area contributed by atoms with Gasteiger partial charge in [-0.2, -0.15) is 15.0 Å². The van der Waals surface area contributed by atoms with E-state index in [0.29, 0.717) is 16.7 Å². The van der Waals surface area contributed by atoms with E-state index in [1.165, 1.54) is 4.68 Å². The van der Waals surface area contributed by atoms with Crippen LogP contribution in [0.5, 0.6) is 5.75 Å². The van der Waals surface area contributed by atoms with Crippen molar-refractivity contribution in [3.63, 3.8) is 0 Å². The van der Waals surface area contributed by atoms with Crippen LogP contribution in [0.3, 0.4) is 0 Å². The highest BCUT2D eigenvalue weighted by molar-refractivity contribution is 5.99. The molecule has 0 atom stereocenters. The number of fused-ring (bicyclic) bond motifs is 2. The van der Waals surface area contributed by atoms with E-state index in [1.807, 2.05) is 72.3 Å². The summed E-state index contributed by atoms with van der Waals surface area (Å²) in [7, 11) is 1.66. The second kappa shape index (κ2) is 9.75. The average molecular weight is 490 g/mol. The molecule has 0 aliphatic heterocycles. The van der Waals surface area contributed by atoms with Gasteiger partial charge in [-0.15, -0.1) is 0 Å². The lowest BCUT2D eigenvalue weighted by molar-refractivity contribution is 0.407. The first-order valence-electron chi connectivity index (χ1n) is 12.1. The number of rotatable bonds is 6. The first-order chi connectivity index (χ1) is 17.9. The zero-order valence-electron chi connectivity index (χ0n) is 21.3. The SMILES string of the molecule is COc1cc(C)c(-c2nc3ccccc3c(=O)n2N=Cc2cn(CC#N)c3ccccc23)cc1C(C)C. The number of hydrogen-bond acceptors (Lipinski definition) is 5. The summed E-state index contributed by atoms with van der Waals surface area (Å²) in [6.07, 6.45) is 3.55. The van der Waals surface area contributed by atoms with Crippen LogP contribution in [0, 0.1) is 18.3 Å². The second-order valence-corrected chi connectivity index (χ2v) is 9.27. The molecule has 5 rings (SSSR count). The molecule has 0 aliphatic carbocycles. The lowest BCUT2D eigenvalue weighted by Crippen LogP contribution is -2.20. The molecule has 0 amide bonds. The van der Waals surface area contributed by atoms with Gasteiger partial charge in [0.2, 0.25) is 0 Å². The third-order valence-corrected chi connectivity index (χ3v) is 6.57. The zero-order valence-corrected chi connectivity index (χ0v) is 21.3. The van der Waals surface area contributed by atoms with Crippen molar-refractivity contribution in [2.24, 2.45) is 5.10 Å². The van der Waals surface area contributed by atoms with Crippen LogP contribution < -0.4 is 10.3 Å². The Balaban J connectivity index is 1.76. The molecule has 0 saturated heterocycles. The van der Waals surface area contributed by atoms with Gasteiger partial charge in [0.1, 0.15) is 12.3 Å². The fourth-order valence-electron chi connectivity index (χ4n) is 4.68. The van der Waals surface area contributed by atoms with Crippen molar-refractivity contribution < 1.29 is 4.74 Å². The Morgan fingerprint density at radius 3 is 2.57 bits per heavy atom. The molecule has 7 nitrogen and oxygen atoms in total. The molecule has 0 fully saturated rings. The van der Waals surface area contributed by atoms with Gasteiger partial charge in [0.15, 0.2) is 5.82 Å². The van der Waals surface area contributed by atoms with E-state index in [-0.39, 0.29) is 18.0 Å². The summed E-state index contributed by atoms with van der Waals surface area (Å²) in [4.78, 5) is 18.6. The molecule has 0 aliphatic rings. The number of methoxy groups -OCH3 is 1. The first-order valence-corrected chi connectivity index (χ1v) is 12.1. The molecule has 7 heteroatoms. The quantitative estimate of drug-likeness (QED) is 0.279. The molecule has 3 aromatic carbocycles. The predicted molar refractivity (Wildman–Crippen MR) is 147 cm³/mol. The van der Waals surface area contributed by atoms with Gasteiger partial charge in [0.05, 0.1) is 30.3 Å². The van der Waals surface area contributed by atoms with E-state index in [0.717, 1.165) is 38.9 Å². The van der Waals surface area contributed by atoms with Gasteiger partial charge < -0.3 is 9.30 Å². The summed E-state index contributed by atoms with van der Waals surface area (Å²) in [6, 6.07) is 21.3. The molecule has 5 aromatic rings. The topological polar surface area (TPSA) is 85.2 Å². The van der Waals surface area contributed by atoms with Crippen LogP contribution in [-0.2, 0) is 6.54 Å². The minimum Gasteiger partial charge on any atom is -0.496 e. The Hall–Kier alpha value is -4.70. The largest absolute Gasteiger partial charge is 0.496 e. The van der Waals surface area contributed by atoms with E-state index in [1.54, 1.807) is 19.4 Å². The average Bonchev–Trinajstić information content (AvgIpc) is 3.25. The van der Waals surface area contributed by atoms with E-state index in [9.17, 15) is 10.1 Å². The molecule has 2 heterocycles. The summed E-state index contributed by atoms with van der Waals surface area (Å²) in [5.74, 6) is 1.48. The minimum atomic E-state index is -0.251.